The fraction of sp³-hybridized carbons (Fsp3) is 0.500. The molecule has 0 aliphatic heterocycles. The van der Waals surface area contributed by atoms with E-state index in [1.54, 1.807) is 6.92 Å². The molecule has 0 aliphatic rings. The highest BCUT2D eigenvalue weighted by Crippen LogP contribution is 2.29. The lowest BCUT2D eigenvalue weighted by atomic mass is 10.4. The number of nitrogens with one attached hydrogen (secondary N) is 1. The number of hydrogen-bond donors (Lipinski definition) is 1. The molecule has 1 rings (SSSR count). The molecule has 0 unspecified atom stereocenters. The van der Waals surface area contributed by atoms with E-state index in [2.05, 4.69) is 15.0 Å². The van der Waals surface area contributed by atoms with Gasteiger partial charge in [0.15, 0.2) is 0 Å². The fourth-order valence-electron chi connectivity index (χ4n) is 0.889. The zero-order valence-electron chi connectivity index (χ0n) is 8.30. The topological polar surface area (TPSA) is 55.1 Å². The van der Waals surface area contributed by atoms with E-state index in [9.17, 15) is 18.0 Å². The van der Waals surface area contributed by atoms with E-state index in [0.717, 1.165) is 0 Å². The predicted molar refractivity (Wildman–Crippen MR) is 52.1 cm³/mol. The van der Waals surface area contributed by atoms with Gasteiger partial charge < -0.3 is 9.84 Å². The van der Waals surface area contributed by atoms with Crippen molar-refractivity contribution >= 4 is 17.7 Å². The second kappa shape index (κ2) is 5.24. The molecule has 0 fully saturated rings. The number of rotatable bonds is 4. The molecule has 90 valence electrons. The number of hydrogen-bond acceptors (Lipinski definition) is 4. The van der Waals surface area contributed by atoms with Crippen LogP contribution < -0.4 is 5.32 Å². The number of aryl methyl sites for hydroxylation is 1. The van der Waals surface area contributed by atoms with Crippen molar-refractivity contribution < 1.29 is 22.5 Å². The molecule has 0 saturated carbocycles. The van der Waals surface area contributed by atoms with Crippen LogP contribution in [0.5, 0.6) is 0 Å². The van der Waals surface area contributed by atoms with Gasteiger partial charge in [0, 0.05) is 18.4 Å². The summed E-state index contributed by atoms with van der Waals surface area (Å²) >= 11 is -0.185. The third-order valence-electron chi connectivity index (χ3n) is 1.51. The summed E-state index contributed by atoms with van der Waals surface area (Å²) in [5.74, 6) is -0.805. The number of thioether (sulfide) groups is 1. The van der Waals surface area contributed by atoms with Crippen molar-refractivity contribution in [1.82, 2.24) is 10.5 Å². The minimum absolute atomic E-state index is 0.00508. The van der Waals surface area contributed by atoms with Crippen LogP contribution in [0.25, 0.3) is 0 Å². The average Bonchev–Trinajstić information content (AvgIpc) is 2.57. The van der Waals surface area contributed by atoms with Gasteiger partial charge in [-0.1, -0.05) is 5.16 Å². The lowest BCUT2D eigenvalue weighted by Gasteiger charge is -2.05. The maximum atomic E-state index is 11.7. The van der Waals surface area contributed by atoms with Gasteiger partial charge in [-0.3, -0.25) is 4.79 Å². The molecule has 1 N–H and O–H groups in total. The third-order valence-corrected chi connectivity index (χ3v) is 2.24. The second-order valence-corrected chi connectivity index (χ2v) is 4.04. The first-order valence-electron chi connectivity index (χ1n) is 4.31. The number of carbonyl (C=O) groups excluding carboxylic acids is 1. The van der Waals surface area contributed by atoms with Gasteiger partial charge in [0.25, 0.3) is 5.91 Å². The maximum Gasteiger partial charge on any atom is 0.441 e. The minimum atomic E-state index is -4.27. The first-order valence-corrected chi connectivity index (χ1v) is 5.29. The molecule has 0 saturated heterocycles. The lowest BCUT2D eigenvalue weighted by Crippen LogP contribution is -2.26. The smallest absolute Gasteiger partial charge is 0.351 e. The van der Waals surface area contributed by atoms with E-state index in [1.807, 2.05) is 0 Å². The van der Waals surface area contributed by atoms with Crippen LogP contribution >= 0.6 is 11.8 Å². The zero-order chi connectivity index (χ0) is 12.2. The molecule has 1 amide bonds. The summed E-state index contributed by atoms with van der Waals surface area (Å²) in [6.45, 7) is 1.56. The van der Waals surface area contributed by atoms with Gasteiger partial charge in [0.05, 0.1) is 5.69 Å². The molecule has 1 aromatic heterocycles. The van der Waals surface area contributed by atoms with Crippen LogP contribution in [0.2, 0.25) is 0 Å². The Hall–Kier alpha value is -1.18. The third kappa shape index (κ3) is 4.56. The van der Waals surface area contributed by atoms with E-state index >= 15 is 0 Å². The number of carbonyl (C=O) groups is 1. The van der Waals surface area contributed by atoms with Crippen molar-refractivity contribution in [3.05, 3.63) is 17.5 Å². The van der Waals surface area contributed by atoms with Crippen LogP contribution in [0.4, 0.5) is 13.2 Å². The van der Waals surface area contributed by atoms with Gasteiger partial charge in [-0.15, -0.1) is 0 Å². The molecule has 0 aliphatic carbocycles. The highest BCUT2D eigenvalue weighted by molar-refractivity contribution is 8.00. The summed E-state index contributed by atoms with van der Waals surface area (Å²) in [7, 11) is 0. The van der Waals surface area contributed by atoms with E-state index in [-0.39, 0.29) is 29.8 Å². The summed E-state index contributed by atoms with van der Waals surface area (Å²) in [5.41, 5.74) is -3.73. The van der Waals surface area contributed by atoms with Gasteiger partial charge in [-0.25, -0.2) is 0 Å². The Balaban J connectivity index is 2.26. The Morgan fingerprint density at radius 1 is 1.62 bits per heavy atom. The first kappa shape index (κ1) is 12.9. The Morgan fingerprint density at radius 3 is 2.81 bits per heavy atom. The van der Waals surface area contributed by atoms with E-state index in [0.29, 0.717) is 5.69 Å². The molecular weight excluding hydrogens is 245 g/mol. The van der Waals surface area contributed by atoms with Crippen molar-refractivity contribution in [3.63, 3.8) is 0 Å². The van der Waals surface area contributed by atoms with Crippen LogP contribution in [0.3, 0.4) is 0 Å². The zero-order valence-corrected chi connectivity index (χ0v) is 9.11. The largest absolute Gasteiger partial charge is 0.441 e. The number of alkyl halides is 3. The Morgan fingerprint density at radius 2 is 2.31 bits per heavy atom. The van der Waals surface area contributed by atoms with Crippen molar-refractivity contribution in [2.24, 2.45) is 0 Å². The van der Waals surface area contributed by atoms with Gasteiger partial charge >= 0.3 is 5.51 Å². The SMILES string of the molecule is Cc1cc(C(=O)NCCSC(F)(F)F)on1. The fourth-order valence-corrected chi connectivity index (χ4v) is 1.32. The van der Waals surface area contributed by atoms with Gasteiger partial charge in [0.2, 0.25) is 5.76 Å². The van der Waals surface area contributed by atoms with Crippen molar-refractivity contribution in [1.29, 1.82) is 0 Å². The molecule has 0 radical (unpaired) electrons. The molecule has 0 atom stereocenters. The molecule has 1 aromatic rings. The molecule has 4 nitrogen and oxygen atoms in total. The molecule has 16 heavy (non-hydrogen) atoms. The summed E-state index contributed by atoms with van der Waals surface area (Å²) in [5, 5.41) is 5.78. The number of halogens is 3. The summed E-state index contributed by atoms with van der Waals surface area (Å²) < 4.78 is 39.8. The summed E-state index contributed by atoms with van der Waals surface area (Å²) in [4.78, 5) is 11.2. The highest BCUT2D eigenvalue weighted by Gasteiger charge is 2.27. The maximum absolute atomic E-state index is 11.7. The van der Waals surface area contributed by atoms with E-state index in [4.69, 9.17) is 0 Å². The van der Waals surface area contributed by atoms with Crippen molar-refractivity contribution in [2.75, 3.05) is 12.3 Å². The first-order chi connectivity index (χ1) is 7.38. The Labute approximate surface area is 93.6 Å². The van der Waals surface area contributed by atoms with E-state index < -0.39 is 11.4 Å². The molecule has 1 heterocycles. The van der Waals surface area contributed by atoms with Crippen molar-refractivity contribution in [2.45, 2.75) is 12.4 Å². The quantitative estimate of drug-likeness (QED) is 0.834. The monoisotopic (exact) mass is 254 g/mol. The normalized spacial score (nSPS) is 11.5. The van der Waals surface area contributed by atoms with Gasteiger partial charge in [-0.2, -0.15) is 13.2 Å². The van der Waals surface area contributed by atoms with Crippen LogP contribution in [-0.4, -0.2) is 28.9 Å². The summed E-state index contributed by atoms with van der Waals surface area (Å²) in [6, 6.07) is 1.41. The van der Waals surface area contributed by atoms with Crippen LogP contribution in [0, 0.1) is 6.92 Å². The molecule has 0 bridgehead atoms. The van der Waals surface area contributed by atoms with Crippen LogP contribution in [0.1, 0.15) is 16.2 Å². The standard InChI is InChI=1S/C8H9F3N2O2S/c1-5-4-6(15-13-5)7(14)12-2-3-16-8(9,10)11/h4H,2-3H2,1H3,(H,12,14). The van der Waals surface area contributed by atoms with Gasteiger partial charge in [0.1, 0.15) is 0 Å². The molecular formula is C8H9F3N2O2S. The number of amides is 1. The average molecular weight is 254 g/mol. The van der Waals surface area contributed by atoms with Gasteiger partial charge in [-0.05, 0) is 18.7 Å². The molecule has 0 spiro atoms. The molecule has 0 aromatic carbocycles. The second-order valence-electron chi connectivity index (χ2n) is 2.88. The number of nitrogens with zero attached hydrogens (tertiary/aromatic N) is 1. The Bertz CT molecular complexity index is 364. The minimum Gasteiger partial charge on any atom is -0.351 e. The summed E-state index contributed by atoms with van der Waals surface area (Å²) in [6.07, 6.45) is 0. The van der Waals surface area contributed by atoms with Crippen molar-refractivity contribution in [3.8, 4) is 0 Å². The molecule has 8 heteroatoms. The Kier molecular flexibility index (Phi) is 4.22. The lowest BCUT2D eigenvalue weighted by molar-refractivity contribution is -0.0327. The van der Waals surface area contributed by atoms with E-state index in [1.165, 1.54) is 6.07 Å². The highest BCUT2D eigenvalue weighted by atomic mass is 32.2. The van der Waals surface area contributed by atoms with Crippen LogP contribution in [-0.2, 0) is 0 Å². The van der Waals surface area contributed by atoms with Crippen LogP contribution in [0.15, 0.2) is 10.6 Å². The number of aromatic nitrogens is 1. The predicted octanol–water partition coefficient (Wildman–Crippen LogP) is 1.97.